The summed E-state index contributed by atoms with van der Waals surface area (Å²) in [6, 6.07) is 7.69. The van der Waals surface area contributed by atoms with E-state index in [1.807, 2.05) is 0 Å². The predicted octanol–water partition coefficient (Wildman–Crippen LogP) is 2.56. The maximum Gasteiger partial charge on any atom is 0.358 e. The van der Waals surface area contributed by atoms with Gasteiger partial charge in [0.1, 0.15) is 10.6 Å². The van der Waals surface area contributed by atoms with Gasteiger partial charge in [0, 0.05) is 0 Å². The summed E-state index contributed by atoms with van der Waals surface area (Å²) < 4.78 is 28.6. The third-order valence-electron chi connectivity index (χ3n) is 2.49. The summed E-state index contributed by atoms with van der Waals surface area (Å²) in [4.78, 5) is 11.5. The van der Waals surface area contributed by atoms with Gasteiger partial charge in [0.05, 0.1) is 4.48 Å². The number of hydrogen-bond acceptors (Lipinski definition) is 5. The maximum absolute atomic E-state index is 11.9. The van der Waals surface area contributed by atoms with Gasteiger partial charge in [-0.2, -0.15) is 8.42 Å². The van der Waals surface area contributed by atoms with Gasteiger partial charge in [-0.15, -0.1) is 0 Å². The van der Waals surface area contributed by atoms with Crippen LogP contribution in [0.5, 0.6) is 0 Å². The van der Waals surface area contributed by atoms with Crippen LogP contribution in [-0.2, 0) is 19.2 Å². The minimum Gasteiger partial charge on any atom is -0.288 e. The first-order valence-electron chi connectivity index (χ1n) is 5.57. The van der Waals surface area contributed by atoms with Gasteiger partial charge in [-0.05, 0) is 52.7 Å². The molecule has 0 saturated heterocycles. The Labute approximate surface area is 124 Å². The zero-order chi connectivity index (χ0) is 14.8. The first-order chi connectivity index (χ1) is 9.40. The lowest BCUT2D eigenvalue weighted by molar-refractivity contribution is -0.111. The van der Waals surface area contributed by atoms with E-state index < -0.39 is 10.1 Å². The average molecular weight is 356 g/mol. The molecule has 0 bridgehead atoms. The molecule has 0 radical (unpaired) electrons. The summed E-state index contributed by atoms with van der Waals surface area (Å²) in [5, 5.41) is 3.56. The van der Waals surface area contributed by atoms with Crippen molar-refractivity contribution in [3.8, 4) is 0 Å². The highest BCUT2D eigenvalue weighted by Crippen LogP contribution is 2.19. The first kappa shape index (κ1) is 14.7. The van der Waals surface area contributed by atoms with Crippen LogP contribution in [0.3, 0.4) is 0 Å². The smallest absolute Gasteiger partial charge is 0.288 e. The van der Waals surface area contributed by atoms with Crippen molar-refractivity contribution in [1.29, 1.82) is 0 Å². The molecule has 1 aliphatic carbocycles. The van der Waals surface area contributed by atoms with Gasteiger partial charge >= 0.3 is 10.1 Å². The molecule has 1 aromatic carbocycles. The SMILES string of the molecule is CC1=CC(=NOS(=O)(=O)c2ccccc2)C=C(Br)C1=O. The van der Waals surface area contributed by atoms with E-state index in [1.165, 1.54) is 24.3 Å². The summed E-state index contributed by atoms with van der Waals surface area (Å²) in [5.41, 5.74) is 0.687. The normalized spacial score (nSPS) is 17.7. The molecule has 104 valence electrons. The fraction of sp³-hybridized carbons (Fsp3) is 0.0769. The van der Waals surface area contributed by atoms with E-state index in [0.29, 0.717) is 10.1 Å². The zero-order valence-electron chi connectivity index (χ0n) is 10.4. The number of nitrogens with zero attached hydrogens (tertiary/aromatic N) is 1. The van der Waals surface area contributed by atoms with Gasteiger partial charge < -0.3 is 0 Å². The van der Waals surface area contributed by atoms with Crippen molar-refractivity contribution in [2.75, 3.05) is 0 Å². The fourth-order valence-electron chi connectivity index (χ4n) is 1.49. The highest BCUT2D eigenvalue weighted by atomic mass is 79.9. The number of ketones is 1. The molecule has 7 heteroatoms. The molecule has 20 heavy (non-hydrogen) atoms. The van der Waals surface area contributed by atoms with Crippen molar-refractivity contribution in [3.05, 3.63) is 52.5 Å². The number of Topliss-reactive ketones (excluding diaryl/α,β-unsaturated/α-hetero) is 1. The van der Waals surface area contributed by atoms with Crippen LogP contribution in [0.2, 0.25) is 0 Å². The van der Waals surface area contributed by atoms with Gasteiger partial charge in [0.25, 0.3) is 0 Å². The van der Waals surface area contributed by atoms with E-state index in [1.54, 1.807) is 25.1 Å². The van der Waals surface area contributed by atoms with Crippen molar-refractivity contribution in [3.63, 3.8) is 0 Å². The first-order valence-corrected chi connectivity index (χ1v) is 7.77. The Morgan fingerprint density at radius 1 is 1.15 bits per heavy atom. The molecule has 1 aromatic rings. The zero-order valence-corrected chi connectivity index (χ0v) is 12.8. The summed E-state index contributed by atoms with van der Waals surface area (Å²) >= 11 is 3.08. The predicted molar refractivity (Wildman–Crippen MR) is 77.9 cm³/mol. The summed E-state index contributed by atoms with van der Waals surface area (Å²) in [6.07, 6.45) is 2.85. The van der Waals surface area contributed by atoms with Crippen molar-refractivity contribution in [1.82, 2.24) is 0 Å². The molecule has 2 rings (SSSR count). The van der Waals surface area contributed by atoms with Crippen molar-refractivity contribution >= 4 is 37.5 Å². The third kappa shape index (κ3) is 3.23. The lowest BCUT2D eigenvalue weighted by Gasteiger charge is -2.07. The molecular formula is C13H10BrNO4S. The summed E-state index contributed by atoms with van der Waals surface area (Å²) in [6.45, 7) is 1.61. The number of allylic oxidation sites excluding steroid dienone is 4. The molecule has 0 aliphatic heterocycles. The van der Waals surface area contributed by atoms with Crippen LogP contribution in [0.4, 0.5) is 0 Å². The molecule has 0 N–H and O–H groups in total. The van der Waals surface area contributed by atoms with Crippen LogP contribution in [0.1, 0.15) is 6.92 Å². The van der Waals surface area contributed by atoms with Crippen LogP contribution in [0, 0.1) is 0 Å². The Morgan fingerprint density at radius 2 is 1.80 bits per heavy atom. The highest BCUT2D eigenvalue weighted by Gasteiger charge is 2.18. The lowest BCUT2D eigenvalue weighted by atomic mass is 10.1. The topological polar surface area (TPSA) is 72.8 Å². The second-order valence-electron chi connectivity index (χ2n) is 4.01. The lowest BCUT2D eigenvalue weighted by Crippen LogP contribution is -2.10. The Kier molecular flexibility index (Phi) is 4.20. The quantitative estimate of drug-likeness (QED) is 0.616. The van der Waals surface area contributed by atoms with Gasteiger partial charge in [-0.25, -0.2) is 0 Å². The second kappa shape index (κ2) is 5.72. The van der Waals surface area contributed by atoms with E-state index >= 15 is 0 Å². The van der Waals surface area contributed by atoms with Crippen LogP contribution in [-0.4, -0.2) is 19.9 Å². The molecule has 0 fully saturated rings. The summed E-state index contributed by atoms with van der Waals surface area (Å²) in [7, 11) is -3.95. The minimum absolute atomic E-state index is 0.0139. The number of halogens is 1. The number of oxime groups is 1. The summed E-state index contributed by atoms with van der Waals surface area (Å²) in [5.74, 6) is -0.171. The molecule has 0 spiro atoms. The largest absolute Gasteiger partial charge is 0.358 e. The van der Waals surface area contributed by atoms with Crippen molar-refractivity contribution in [2.24, 2.45) is 5.16 Å². The average Bonchev–Trinajstić information content (AvgIpc) is 2.43. The van der Waals surface area contributed by atoms with E-state index in [-0.39, 0.29) is 16.4 Å². The Bertz CT molecular complexity index is 709. The molecule has 0 amide bonds. The van der Waals surface area contributed by atoms with Crippen molar-refractivity contribution < 1.29 is 17.5 Å². The third-order valence-corrected chi connectivity index (χ3v) is 4.20. The Balaban J connectivity index is 2.24. The monoisotopic (exact) mass is 355 g/mol. The van der Waals surface area contributed by atoms with Crippen LogP contribution in [0.15, 0.2) is 62.6 Å². The van der Waals surface area contributed by atoms with Crippen LogP contribution in [0.25, 0.3) is 0 Å². The van der Waals surface area contributed by atoms with E-state index in [2.05, 4.69) is 25.4 Å². The van der Waals surface area contributed by atoms with E-state index in [4.69, 9.17) is 0 Å². The number of carbonyl (C=O) groups is 1. The fourth-order valence-corrected chi connectivity index (χ4v) is 2.80. The van der Waals surface area contributed by atoms with Gasteiger partial charge in [0.2, 0.25) is 0 Å². The standard InChI is InChI=1S/C13H10BrNO4S/c1-9-7-10(8-12(14)13(9)16)15-19-20(17,18)11-5-3-2-4-6-11/h2-8H,1H3. The molecule has 1 aliphatic rings. The van der Waals surface area contributed by atoms with Gasteiger partial charge in [-0.1, -0.05) is 23.4 Å². The van der Waals surface area contributed by atoms with Gasteiger partial charge in [-0.3, -0.25) is 9.08 Å². The van der Waals surface area contributed by atoms with Gasteiger partial charge in [0.15, 0.2) is 5.78 Å². The number of hydrogen-bond donors (Lipinski definition) is 0. The molecule has 0 aromatic heterocycles. The Morgan fingerprint density at radius 3 is 2.40 bits per heavy atom. The Hall–Kier alpha value is -1.73. The molecular weight excluding hydrogens is 346 g/mol. The number of carbonyl (C=O) groups excluding carboxylic acids is 1. The minimum atomic E-state index is -3.95. The molecule has 0 saturated carbocycles. The molecule has 0 unspecified atom stereocenters. The molecule has 0 heterocycles. The second-order valence-corrected chi connectivity index (χ2v) is 6.39. The highest BCUT2D eigenvalue weighted by molar-refractivity contribution is 9.12. The van der Waals surface area contributed by atoms with Crippen molar-refractivity contribution in [2.45, 2.75) is 11.8 Å². The molecule has 5 nitrogen and oxygen atoms in total. The van der Waals surface area contributed by atoms with E-state index in [0.717, 1.165) is 0 Å². The molecule has 0 atom stereocenters. The maximum atomic E-state index is 11.9. The number of benzene rings is 1. The van der Waals surface area contributed by atoms with E-state index in [9.17, 15) is 13.2 Å². The number of rotatable bonds is 3. The van der Waals surface area contributed by atoms with Crippen LogP contribution >= 0.6 is 15.9 Å². The van der Waals surface area contributed by atoms with Crippen LogP contribution < -0.4 is 0 Å².